The van der Waals surface area contributed by atoms with E-state index >= 15 is 0 Å². The molecule has 3 N–H and O–H groups in total. The number of halogens is 1. The molecule has 23 heavy (non-hydrogen) atoms. The number of aliphatic imine (C=N–C) groups is 1. The number of para-hydroxylation sites is 1. The molecule has 1 unspecified atom stereocenters. The van der Waals surface area contributed by atoms with Crippen LogP contribution in [0.5, 0.6) is 0 Å². The lowest BCUT2D eigenvalue weighted by atomic mass is 10.1. The first kappa shape index (κ1) is 20.2. The highest BCUT2D eigenvalue weighted by atomic mass is 127. The van der Waals surface area contributed by atoms with Crippen LogP contribution in [0, 0.1) is 5.92 Å². The summed E-state index contributed by atoms with van der Waals surface area (Å²) in [4.78, 5) is 4.29. The average Bonchev–Trinajstić information content (AvgIpc) is 2.46. The van der Waals surface area contributed by atoms with Gasteiger partial charge >= 0.3 is 0 Å². The quantitative estimate of drug-likeness (QED) is 0.404. The van der Waals surface area contributed by atoms with Gasteiger partial charge in [-0.05, 0) is 24.8 Å². The van der Waals surface area contributed by atoms with E-state index in [1.807, 2.05) is 24.3 Å². The van der Waals surface area contributed by atoms with Gasteiger partial charge in [0.2, 0.25) is 0 Å². The minimum atomic E-state index is -2.90. The van der Waals surface area contributed by atoms with Crippen molar-refractivity contribution < 1.29 is 13.2 Å². The van der Waals surface area contributed by atoms with Gasteiger partial charge in [-0.2, -0.15) is 0 Å². The Morgan fingerprint density at radius 3 is 2.87 bits per heavy atom. The van der Waals surface area contributed by atoms with Crippen LogP contribution in [-0.4, -0.2) is 39.5 Å². The standard InChI is InChI=1S/C15H23N3O3S.HI/c1-21-10-13-6-2-3-7-14(13)18-15(16)17-9-12-5-4-8-22(19,20)11-12;/h2-3,6-7,12H,4-5,8-11H2,1H3,(H3,16,17,18);1H. The van der Waals surface area contributed by atoms with E-state index in [4.69, 9.17) is 10.5 Å². The summed E-state index contributed by atoms with van der Waals surface area (Å²) in [5.41, 5.74) is 7.74. The first-order chi connectivity index (χ1) is 10.5. The normalized spacial score (nSPS) is 20.6. The number of nitrogens with two attached hydrogens (primary N) is 1. The molecule has 0 spiro atoms. The summed E-state index contributed by atoms with van der Waals surface area (Å²) in [5.74, 6) is 0.870. The fraction of sp³-hybridized carbons (Fsp3) is 0.533. The molecular weight excluding hydrogens is 429 g/mol. The van der Waals surface area contributed by atoms with Crippen molar-refractivity contribution in [2.45, 2.75) is 19.4 Å². The number of hydrogen-bond acceptors (Lipinski definition) is 4. The van der Waals surface area contributed by atoms with Gasteiger partial charge in [-0.15, -0.1) is 24.0 Å². The van der Waals surface area contributed by atoms with Gasteiger partial charge in [-0.3, -0.25) is 4.99 Å². The number of sulfone groups is 1. The number of anilines is 1. The SMILES string of the molecule is COCc1ccccc1NC(N)=NCC1CCCS(=O)(=O)C1.I. The van der Waals surface area contributed by atoms with E-state index in [0.29, 0.717) is 31.3 Å². The number of benzene rings is 1. The molecule has 130 valence electrons. The lowest BCUT2D eigenvalue weighted by Gasteiger charge is -2.20. The van der Waals surface area contributed by atoms with Gasteiger partial charge in [0, 0.05) is 24.9 Å². The predicted molar refractivity (Wildman–Crippen MR) is 104 cm³/mol. The van der Waals surface area contributed by atoms with E-state index in [9.17, 15) is 8.42 Å². The number of hydrogen-bond donors (Lipinski definition) is 2. The van der Waals surface area contributed by atoms with Crippen LogP contribution in [0.15, 0.2) is 29.3 Å². The zero-order valence-corrected chi connectivity index (χ0v) is 16.3. The fourth-order valence-electron chi connectivity index (χ4n) is 2.59. The van der Waals surface area contributed by atoms with Gasteiger partial charge in [0.25, 0.3) is 0 Å². The van der Waals surface area contributed by atoms with Crippen LogP contribution in [0.25, 0.3) is 0 Å². The van der Waals surface area contributed by atoms with E-state index in [1.54, 1.807) is 7.11 Å². The number of nitrogens with zero attached hydrogens (tertiary/aromatic N) is 1. The Morgan fingerprint density at radius 1 is 1.43 bits per heavy atom. The van der Waals surface area contributed by atoms with E-state index in [-0.39, 0.29) is 35.6 Å². The molecule has 0 aromatic heterocycles. The lowest BCUT2D eigenvalue weighted by Crippen LogP contribution is -2.29. The van der Waals surface area contributed by atoms with Crippen molar-refractivity contribution in [3.63, 3.8) is 0 Å². The Labute approximate surface area is 154 Å². The third-order valence-electron chi connectivity index (χ3n) is 3.66. The van der Waals surface area contributed by atoms with Crippen LogP contribution < -0.4 is 11.1 Å². The molecule has 1 heterocycles. The van der Waals surface area contributed by atoms with E-state index in [1.165, 1.54) is 0 Å². The molecule has 1 aromatic rings. The van der Waals surface area contributed by atoms with Crippen LogP contribution >= 0.6 is 24.0 Å². The van der Waals surface area contributed by atoms with E-state index < -0.39 is 9.84 Å². The van der Waals surface area contributed by atoms with Crippen LogP contribution in [-0.2, 0) is 21.2 Å². The van der Waals surface area contributed by atoms with E-state index in [2.05, 4.69) is 10.3 Å². The monoisotopic (exact) mass is 453 g/mol. The number of rotatable bonds is 5. The summed E-state index contributed by atoms with van der Waals surface area (Å²) in [7, 11) is -1.26. The molecule has 1 aliphatic heterocycles. The molecule has 0 aliphatic carbocycles. The third kappa shape index (κ3) is 6.64. The Morgan fingerprint density at radius 2 is 2.17 bits per heavy atom. The van der Waals surface area contributed by atoms with Crippen LogP contribution in [0.2, 0.25) is 0 Å². The van der Waals surface area contributed by atoms with Crippen molar-refractivity contribution in [1.29, 1.82) is 0 Å². The summed E-state index contributed by atoms with van der Waals surface area (Å²) in [6.07, 6.45) is 1.60. The van der Waals surface area contributed by atoms with E-state index in [0.717, 1.165) is 17.7 Å². The van der Waals surface area contributed by atoms with Crippen molar-refractivity contribution in [3.8, 4) is 0 Å². The topological polar surface area (TPSA) is 93.8 Å². The molecule has 1 fully saturated rings. The van der Waals surface area contributed by atoms with Crippen molar-refractivity contribution in [2.24, 2.45) is 16.6 Å². The second-order valence-corrected chi connectivity index (χ2v) is 7.79. The largest absolute Gasteiger partial charge is 0.380 e. The Hall–Kier alpha value is -0.870. The molecule has 0 amide bonds. The molecule has 6 nitrogen and oxygen atoms in total. The Kier molecular flexibility index (Phi) is 8.27. The number of guanidine groups is 1. The van der Waals surface area contributed by atoms with Crippen LogP contribution in [0.4, 0.5) is 5.69 Å². The molecule has 2 rings (SSSR count). The molecule has 1 atom stereocenters. The number of methoxy groups -OCH3 is 1. The third-order valence-corrected chi connectivity index (χ3v) is 5.55. The van der Waals surface area contributed by atoms with Gasteiger partial charge in [0.05, 0.1) is 18.1 Å². The molecule has 1 aliphatic rings. The molecule has 8 heteroatoms. The number of ether oxygens (including phenoxy) is 1. The smallest absolute Gasteiger partial charge is 0.193 e. The minimum Gasteiger partial charge on any atom is -0.380 e. The molecule has 0 radical (unpaired) electrons. The summed E-state index contributed by atoms with van der Waals surface area (Å²) in [6, 6.07) is 7.69. The first-order valence-corrected chi connectivity index (χ1v) is 9.16. The summed E-state index contributed by atoms with van der Waals surface area (Å²) in [5, 5.41) is 3.05. The predicted octanol–water partition coefficient (Wildman–Crippen LogP) is 2.00. The lowest BCUT2D eigenvalue weighted by molar-refractivity contribution is 0.185. The zero-order valence-electron chi connectivity index (χ0n) is 13.2. The van der Waals surface area contributed by atoms with Crippen molar-refractivity contribution >= 4 is 45.5 Å². The summed E-state index contributed by atoms with van der Waals surface area (Å²) < 4.78 is 28.3. The molecule has 1 aromatic carbocycles. The second-order valence-electron chi connectivity index (χ2n) is 5.56. The molecule has 1 saturated heterocycles. The molecule has 0 saturated carbocycles. The maximum atomic E-state index is 11.6. The van der Waals surface area contributed by atoms with Crippen molar-refractivity contribution in [3.05, 3.63) is 29.8 Å². The zero-order chi connectivity index (χ0) is 16.0. The summed E-state index contributed by atoms with van der Waals surface area (Å²) in [6.45, 7) is 0.918. The van der Waals surface area contributed by atoms with Gasteiger partial charge in [0.1, 0.15) is 0 Å². The first-order valence-electron chi connectivity index (χ1n) is 7.34. The number of nitrogens with one attached hydrogen (secondary N) is 1. The Balaban J connectivity index is 0.00000264. The summed E-state index contributed by atoms with van der Waals surface area (Å²) >= 11 is 0. The minimum absolute atomic E-state index is 0. The van der Waals surface area contributed by atoms with Gasteiger partial charge in [-0.1, -0.05) is 18.2 Å². The highest BCUT2D eigenvalue weighted by Gasteiger charge is 2.24. The fourth-order valence-corrected chi connectivity index (χ4v) is 4.35. The van der Waals surface area contributed by atoms with Gasteiger partial charge < -0.3 is 15.8 Å². The average molecular weight is 453 g/mol. The van der Waals surface area contributed by atoms with Crippen LogP contribution in [0.3, 0.4) is 0 Å². The maximum absolute atomic E-state index is 11.6. The van der Waals surface area contributed by atoms with Gasteiger partial charge in [0.15, 0.2) is 15.8 Å². The second kappa shape index (κ2) is 9.43. The molecule has 0 bridgehead atoms. The highest BCUT2D eigenvalue weighted by molar-refractivity contribution is 14.0. The highest BCUT2D eigenvalue weighted by Crippen LogP contribution is 2.19. The Bertz CT molecular complexity index is 635. The van der Waals surface area contributed by atoms with Crippen molar-refractivity contribution in [2.75, 3.05) is 30.5 Å². The van der Waals surface area contributed by atoms with Crippen molar-refractivity contribution in [1.82, 2.24) is 0 Å². The van der Waals surface area contributed by atoms with Crippen LogP contribution in [0.1, 0.15) is 18.4 Å². The maximum Gasteiger partial charge on any atom is 0.193 e. The molecular formula is C15H24IN3O3S. The van der Waals surface area contributed by atoms with Gasteiger partial charge in [-0.25, -0.2) is 8.42 Å².